The first kappa shape index (κ1) is 11.4. The number of hydrogen-bond donors (Lipinski definition) is 1. The lowest BCUT2D eigenvalue weighted by molar-refractivity contribution is 0.121. The summed E-state index contributed by atoms with van der Waals surface area (Å²) in [7, 11) is 0. The number of alkyl halides is 2. The number of nitrogen functional groups attached to an aromatic ring is 1. The minimum absolute atomic E-state index is 0.313. The Labute approximate surface area is 96.2 Å². The number of nitrogens with two attached hydrogens (primary N) is 1. The number of nitrogens with zero attached hydrogens (tertiary/aromatic N) is 4. The summed E-state index contributed by atoms with van der Waals surface area (Å²) in [4.78, 5) is 0. The fourth-order valence-electron chi connectivity index (χ4n) is 1.48. The molecule has 2 N–H and O–H groups in total. The van der Waals surface area contributed by atoms with Crippen molar-refractivity contribution < 1.29 is 8.78 Å². The lowest BCUT2D eigenvalue weighted by Crippen LogP contribution is -2.10. The van der Waals surface area contributed by atoms with Crippen LogP contribution in [0.2, 0.25) is 0 Å². The van der Waals surface area contributed by atoms with Gasteiger partial charge in [0, 0.05) is 11.3 Å². The molecule has 0 aliphatic rings. The summed E-state index contributed by atoms with van der Waals surface area (Å²) >= 11 is 0. The van der Waals surface area contributed by atoms with Crippen molar-refractivity contribution in [1.29, 1.82) is 0 Å². The molecule has 2 rings (SSSR count). The minimum atomic E-state index is -2.49. The fourth-order valence-corrected chi connectivity index (χ4v) is 1.48. The monoisotopic (exact) mass is 239 g/mol. The van der Waals surface area contributed by atoms with Crippen LogP contribution in [0.15, 0.2) is 18.2 Å². The first-order valence-electron chi connectivity index (χ1n) is 4.98. The van der Waals surface area contributed by atoms with Crippen molar-refractivity contribution in [2.45, 2.75) is 19.9 Å². The standard InChI is InChI=1S/C10H11F2N5/c1-6-4-7(2-3-8(6)13)10-14-15-16-17(10)5-9(11)12/h2-4,9H,5,13H2,1H3. The van der Waals surface area contributed by atoms with Crippen LogP contribution < -0.4 is 5.73 Å². The first-order valence-corrected chi connectivity index (χ1v) is 4.98. The Morgan fingerprint density at radius 2 is 2.18 bits per heavy atom. The molecule has 0 amide bonds. The van der Waals surface area contributed by atoms with Crippen LogP contribution in [0.3, 0.4) is 0 Å². The molecule has 90 valence electrons. The van der Waals surface area contributed by atoms with Gasteiger partial charge in [-0.1, -0.05) is 0 Å². The molecule has 0 unspecified atom stereocenters. The molecule has 1 heterocycles. The Hall–Kier alpha value is -2.05. The first-order chi connectivity index (χ1) is 8.08. The molecule has 7 heteroatoms. The second kappa shape index (κ2) is 4.44. The molecule has 0 atom stereocenters. The van der Waals surface area contributed by atoms with Gasteiger partial charge in [-0.2, -0.15) is 0 Å². The fraction of sp³-hybridized carbons (Fsp3) is 0.300. The third kappa shape index (κ3) is 2.38. The normalized spacial score (nSPS) is 11.1. The van der Waals surface area contributed by atoms with Crippen LogP contribution in [0, 0.1) is 6.92 Å². The van der Waals surface area contributed by atoms with Gasteiger partial charge in [-0.15, -0.1) is 5.10 Å². The Morgan fingerprint density at radius 3 is 2.82 bits per heavy atom. The number of halogens is 2. The van der Waals surface area contributed by atoms with Crippen LogP contribution in [0.1, 0.15) is 5.56 Å². The van der Waals surface area contributed by atoms with Crippen molar-refractivity contribution in [2.75, 3.05) is 5.73 Å². The summed E-state index contributed by atoms with van der Waals surface area (Å²) in [6.07, 6.45) is -2.49. The van der Waals surface area contributed by atoms with Crippen molar-refractivity contribution in [3.05, 3.63) is 23.8 Å². The number of rotatable bonds is 3. The SMILES string of the molecule is Cc1cc(-c2nnnn2CC(F)F)ccc1N. The maximum atomic E-state index is 12.3. The van der Waals surface area contributed by atoms with E-state index in [1.165, 1.54) is 0 Å². The smallest absolute Gasteiger partial charge is 0.258 e. The Morgan fingerprint density at radius 1 is 1.41 bits per heavy atom. The van der Waals surface area contributed by atoms with Crippen molar-refractivity contribution in [1.82, 2.24) is 20.2 Å². The van der Waals surface area contributed by atoms with Gasteiger partial charge in [-0.05, 0) is 41.1 Å². The molecule has 1 aromatic carbocycles. The zero-order valence-corrected chi connectivity index (χ0v) is 9.14. The van der Waals surface area contributed by atoms with E-state index in [0.29, 0.717) is 17.1 Å². The molecule has 0 aliphatic carbocycles. The highest BCUT2D eigenvalue weighted by atomic mass is 19.3. The predicted octanol–water partition coefficient (Wildman–Crippen LogP) is 1.50. The zero-order chi connectivity index (χ0) is 12.4. The number of hydrogen-bond acceptors (Lipinski definition) is 4. The van der Waals surface area contributed by atoms with E-state index in [1.54, 1.807) is 18.2 Å². The molecular formula is C10H11F2N5. The molecule has 0 bridgehead atoms. The zero-order valence-electron chi connectivity index (χ0n) is 9.14. The number of tetrazole rings is 1. The topological polar surface area (TPSA) is 69.6 Å². The molecule has 17 heavy (non-hydrogen) atoms. The van der Waals surface area contributed by atoms with Crippen LogP contribution in [0.25, 0.3) is 11.4 Å². The molecule has 0 aliphatic heterocycles. The van der Waals surface area contributed by atoms with E-state index in [4.69, 9.17) is 5.73 Å². The summed E-state index contributed by atoms with van der Waals surface area (Å²) in [5, 5.41) is 10.7. The van der Waals surface area contributed by atoms with Crippen LogP contribution in [0.5, 0.6) is 0 Å². The van der Waals surface area contributed by atoms with Gasteiger partial charge in [0.15, 0.2) is 5.82 Å². The van der Waals surface area contributed by atoms with Crippen molar-refractivity contribution >= 4 is 5.69 Å². The lowest BCUT2D eigenvalue weighted by atomic mass is 10.1. The number of aromatic nitrogens is 4. The van der Waals surface area contributed by atoms with Gasteiger partial charge in [0.2, 0.25) is 0 Å². The van der Waals surface area contributed by atoms with Gasteiger partial charge in [-0.25, -0.2) is 13.5 Å². The third-order valence-electron chi connectivity index (χ3n) is 2.37. The lowest BCUT2D eigenvalue weighted by Gasteiger charge is -2.05. The molecule has 0 saturated heterocycles. The number of anilines is 1. The summed E-state index contributed by atoms with van der Waals surface area (Å²) in [6, 6.07) is 5.17. The maximum absolute atomic E-state index is 12.3. The van der Waals surface area contributed by atoms with E-state index < -0.39 is 13.0 Å². The Balaban J connectivity index is 2.39. The Kier molecular flexibility index (Phi) is 2.99. The molecule has 0 fully saturated rings. The van der Waals surface area contributed by atoms with Gasteiger partial charge in [-0.3, -0.25) is 0 Å². The average Bonchev–Trinajstić information content (AvgIpc) is 2.69. The highest BCUT2D eigenvalue weighted by molar-refractivity contribution is 5.61. The molecular weight excluding hydrogens is 228 g/mol. The van der Waals surface area contributed by atoms with Gasteiger partial charge in [0.05, 0.1) is 0 Å². The van der Waals surface area contributed by atoms with E-state index >= 15 is 0 Å². The van der Waals surface area contributed by atoms with Crippen molar-refractivity contribution in [3.63, 3.8) is 0 Å². The van der Waals surface area contributed by atoms with E-state index in [1.807, 2.05) is 6.92 Å². The van der Waals surface area contributed by atoms with Gasteiger partial charge in [0.25, 0.3) is 6.43 Å². The molecule has 2 aromatic rings. The number of benzene rings is 1. The van der Waals surface area contributed by atoms with E-state index in [-0.39, 0.29) is 0 Å². The molecule has 0 spiro atoms. The largest absolute Gasteiger partial charge is 0.399 e. The third-order valence-corrected chi connectivity index (χ3v) is 2.37. The second-order valence-corrected chi connectivity index (χ2v) is 3.65. The van der Waals surface area contributed by atoms with Crippen LogP contribution in [-0.2, 0) is 6.54 Å². The highest BCUT2D eigenvalue weighted by Gasteiger charge is 2.13. The summed E-state index contributed by atoms with van der Waals surface area (Å²) < 4.78 is 25.7. The maximum Gasteiger partial charge on any atom is 0.258 e. The van der Waals surface area contributed by atoms with E-state index in [0.717, 1.165) is 10.2 Å². The molecule has 0 radical (unpaired) electrons. The van der Waals surface area contributed by atoms with E-state index in [2.05, 4.69) is 15.5 Å². The summed E-state index contributed by atoms with van der Waals surface area (Å²) in [6.45, 7) is 1.31. The Bertz CT molecular complexity index is 523. The summed E-state index contributed by atoms with van der Waals surface area (Å²) in [5.74, 6) is 0.313. The summed E-state index contributed by atoms with van der Waals surface area (Å²) in [5.41, 5.74) is 7.85. The van der Waals surface area contributed by atoms with E-state index in [9.17, 15) is 8.78 Å². The van der Waals surface area contributed by atoms with Gasteiger partial charge in [0.1, 0.15) is 6.54 Å². The van der Waals surface area contributed by atoms with Gasteiger partial charge < -0.3 is 5.73 Å². The minimum Gasteiger partial charge on any atom is -0.399 e. The molecule has 5 nitrogen and oxygen atoms in total. The molecule has 1 aromatic heterocycles. The van der Waals surface area contributed by atoms with Crippen LogP contribution in [0.4, 0.5) is 14.5 Å². The van der Waals surface area contributed by atoms with Crippen LogP contribution in [-0.4, -0.2) is 26.6 Å². The quantitative estimate of drug-likeness (QED) is 0.824. The second-order valence-electron chi connectivity index (χ2n) is 3.65. The predicted molar refractivity (Wildman–Crippen MR) is 58.4 cm³/mol. The van der Waals surface area contributed by atoms with Crippen molar-refractivity contribution in [2.24, 2.45) is 0 Å². The number of aryl methyl sites for hydroxylation is 1. The van der Waals surface area contributed by atoms with Crippen molar-refractivity contribution in [3.8, 4) is 11.4 Å². The molecule has 0 saturated carbocycles. The average molecular weight is 239 g/mol. The highest BCUT2D eigenvalue weighted by Crippen LogP contribution is 2.21. The van der Waals surface area contributed by atoms with Crippen LogP contribution >= 0.6 is 0 Å². The van der Waals surface area contributed by atoms with Gasteiger partial charge >= 0.3 is 0 Å².